The number of aromatic nitrogens is 2. The van der Waals surface area contributed by atoms with E-state index in [0.717, 1.165) is 6.20 Å². The largest absolute Gasteiger partial charge is 0.469 e. The van der Waals surface area contributed by atoms with Crippen LogP contribution in [0.3, 0.4) is 0 Å². The van der Waals surface area contributed by atoms with Crippen molar-refractivity contribution in [2.24, 2.45) is 0 Å². The molecule has 0 saturated carbocycles. The average Bonchev–Trinajstić information content (AvgIpc) is 2.47. The maximum Gasteiger partial charge on any atom is 0.307 e. The third kappa shape index (κ3) is 4.81. The molecule has 0 radical (unpaired) electrons. The number of ether oxygens (including phenoxy) is 2. The fourth-order valence-electron chi connectivity index (χ4n) is 1.47. The van der Waals surface area contributed by atoms with Gasteiger partial charge in [-0.3, -0.25) is 14.4 Å². The smallest absolute Gasteiger partial charge is 0.307 e. The summed E-state index contributed by atoms with van der Waals surface area (Å²) in [5.74, 6) is -0.795. The number of rotatable bonds is 7. The summed E-state index contributed by atoms with van der Waals surface area (Å²) >= 11 is 0. The number of nitrogens with one attached hydrogen (secondary N) is 1. The van der Waals surface area contributed by atoms with Crippen LogP contribution >= 0.6 is 0 Å². The van der Waals surface area contributed by atoms with Crippen LogP contribution in [-0.4, -0.2) is 60.7 Å². The quantitative estimate of drug-likeness (QED) is 0.672. The lowest BCUT2D eigenvalue weighted by Gasteiger charge is -2.21. The lowest BCUT2D eigenvalue weighted by Crippen LogP contribution is -2.36. The molecule has 0 atom stereocenters. The topological polar surface area (TPSA) is 102 Å². The molecule has 20 heavy (non-hydrogen) atoms. The maximum atomic E-state index is 12.2. The number of aromatic amines is 1. The molecule has 8 nitrogen and oxygen atoms in total. The van der Waals surface area contributed by atoms with E-state index in [9.17, 15) is 14.4 Å². The van der Waals surface area contributed by atoms with Crippen LogP contribution < -0.4 is 5.56 Å². The minimum absolute atomic E-state index is 0.0787. The lowest BCUT2D eigenvalue weighted by molar-refractivity contribution is -0.140. The van der Waals surface area contributed by atoms with Crippen molar-refractivity contribution in [3.05, 3.63) is 28.4 Å². The Balaban J connectivity index is 2.75. The van der Waals surface area contributed by atoms with Crippen LogP contribution in [0.15, 0.2) is 17.2 Å². The molecule has 1 N–H and O–H groups in total. The van der Waals surface area contributed by atoms with Gasteiger partial charge in [-0.1, -0.05) is 0 Å². The number of methoxy groups -OCH3 is 2. The number of hydrogen-bond donors (Lipinski definition) is 1. The number of amides is 1. The van der Waals surface area contributed by atoms with Crippen LogP contribution in [0.4, 0.5) is 0 Å². The predicted molar refractivity (Wildman–Crippen MR) is 69.3 cm³/mol. The maximum absolute atomic E-state index is 12.2. The van der Waals surface area contributed by atoms with E-state index < -0.39 is 5.97 Å². The van der Waals surface area contributed by atoms with E-state index in [1.807, 2.05) is 0 Å². The molecule has 0 aromatic carbocycles. The molecule has 0 aliphatic rings. The van der Waals surface area contributed by atoms with Crippen LogP contribution in [0, 0.1) is 0 Å². The minimum Gasteiger partial charge on any atom is -0.469 e. The Kier molecular flexibility index (Phi) is 6.38. The monoisotopic (exact) mass is 283 g/mol. The minimum atomic E-state index is -0.408. The Hall–Kier alpha value is -2.22. The molecule has 1 aromatic rings. The van der Waals surface area contributed by atoms with Gasteiger partial charge >= 0.3 is 5.97 Å². The zero-order valence-electron chi connectivity index (χ0n) is 11.4. The normalized spacial score (nSPS) is 10.1. The van der Waals surface area contributed by atoms with Gasteiger partial charge in [0.25, 0.3) is 11.5 Å². The highest BCUT2D eigenvalue weighted by atomic mass is 16.5. The molecular weight excluding hydrogens is 266 g/mol. The zero-order valence-corrected chi connectivity index (χ0v) is 11.4. The highest BCUT2D eigenvalue weighted by Crippen LogP contribution is 2.01. The van der Waals surface area contributed by atoms with E-state index in [1.54, 1.807) is 0 Å². The molecule has 0 bridgehead atoms. The summed E-state index contributed by atoms with van der Waals surface area (Å²) in [4.78, 5) is 41.8. The first-order valence-electron chi connectivity index (χ1n) is 5.98. The Morgan fingerprint density at radius 3 is 2.65 bits per heavy atom. The fourth-order valence-corrected chi connectivity index (χ4v) is 1.47. The average molecular weight is 283 g/mol. The third-order valence-corrected chi connectivity index (χ3v) is 2.56. The van der Waals surface area contributed by atoms with Crippen LogP contribution in [0.25, 0.3) is 0 Å². The molecule has 0 fully saturated rings. The molecule has 8 heteroatoms. The second-order valence-electron chi connectivity index (χ2n) is 3.91. The van der Waals surface area contributed by atoms with E-state index in [2.05, 4.69) is 14.7 Å². The van der Waals surface area contributed by atoms with Gasteiger partial charge in [-0.05, 0) is 0 Å². The molecule has 0 aliphatic heterocycles. The number of hydrogen-bond acceptors (Lipinski definition) is 6. The summed E-state index contributed by atoms with van der Waals surface area (Å²) in [5.41, 5.74) is -0.287. The van der Waals surface area contributed by atoms with E-state index >= 15 is 0 Å². The van der Waals surface area contributed by atoms with Crippen molar-refractivity contribution in [3.8, 4) is 0 Å². The molecule has 0 unspecified atom stereocenters. The van der Waals surface area contributed by atoms with Crippen LogP contribution in [0.5, 0.6) is 0 Å². The Bertz CT molecular complexity index is 494. The first-order valence-corrected chi connectivity index (χ1v) is 5.98. The van der Waals surface area contributed by atoms with Gasteiger partial charge in [-0.15, -0.1) is 0 Å². The molecule has 1 heterocycles. The van der Waals surface area contributed by atoms with Gasteiger partial charge in [0.1, 0.15) is 5.69 Å². The van der Waals surface area contributed by atoms with Crippen molar-refractivity contribution in [2.75, 3.05) is 33.9 Å². The van der Waals surface area contributed by atoms with Gasteiger partial charge in [0.2, 0.25) is 0 Å². The fraction of sp³-hybridized carbons (Fsp3) is 0.500. The van der Waals surface area contributed by atoms with Crippen LogP contribution in [-0.2, 0) is 14.3 Å². The highest BCUT2D eigenvalue weighted by Gasteiger charge is 2.18. The Labute approximate surface area is 115 Å². The summed E-state index contributed by atoms with van der Waals surface area (Å²) in [6, 6.07) is 0. The van der Waals surface area contributed by atoms with Crippen molar-refractivity contribution in [3.63, 3.8) is 0 Å². The number of esters is 1. The molecule has 0 aliphatic carbocycles. The van der Waals surface area contributed by atoms with E-state index in [1.165, 1.54) is 25.3 Å². The SMILES string of the molecule is COCCN(CCC(=O)OC)C(=O)c1c[nH]c(=O)cn1. The molecular formula is C12H17N3O5. The van der Waals surface area contributed by atoms with Gasteiger partial charge < -0.3 is 19.4 Å². The summed E-state index contributed by atoms with van der Waals surface area (Å²) in [6.07, 6.45) is 2.35. The highest BCUT2D eigenvalue weighted by molar-refractivity contribution is 5.92. The summed E-state index contributed by atoms with van der Waals surface area (Å²) < 4.78 is 9.46. The second-order valence-corrected chi connectivity index (χ2v) is 3.91. The summed E-state index contributed by atoms with van der Waals surface area (Å²) in [6.45, 7) is 0.832. The van der Waals surface area contributed by atoms with Crippen molar-refractivity contribution >= 4 is 11.9 Å². The van der Waals surface area contributed by atoms with Crippen LogP contribution in [0.2, 0.25) is 0 Å². The molecule has 0 spiro atoms. The molecule has 1 rings (SSSR count). The number of H-pyrrole nitrogens is 1. The number of carbonyl (C=O) groups excluding carboxylic acids is 2. The van der Waals surface area contributed by atoms with Crippen molar-refractivity contribution in [1.82, 2.24) is 14.9 Å². The lowest BCUT2D eigenvalue weighted by atomic mass is 10.3. The number of carbonyl (C=O) groups is 2. The van der Waals surface area contributed by atoms with Crippen molar-refractivity contribution < 1.29 is 19.1 Å². The summed E-state index contributed by atoms with van der Waals surface area (Å²) in [5, 5.41) is 0. The first-order chi connectivity index (χ1) is 9.58. The van der Waals surface area contributed by atoms with Gasteiger partial charge in [-0.25, -0.2) is 4.98 Å². The van der Waals surface area contributed by atoms with Gasteiger partial charge in [0.15, 0.2) is 0 Å². The van der Waals surface area contributed by atoms with Gasteiger partial charge in [0, 0.05) is 26.4 Å². The van der Waals surface area contributed by atoms with Gasteiger partial charge in [0.05, 0.1) is 26.3 Å². The molecule has 1 aromatic heterocycles. The summed E-state index contributed by atoms with van der Waals surface area (Å²) in [7, 11) is 2.80. The van der Waals surface area contributed by atoms with Crippen LogP contribution in [0.1, 0.15) is 16.9 Å². The Morgan fingerprint density at radius 2 is 2.10 bits per heavy atom. The Morgan fingerprint density at radius 1 is 1.35 bits per heavy atom. The molecule has 110 valence electrons. The predicted octanol–water partition coefficient (Wildman–Crippen LogP) is -0.578. The second kappa shape index (κ2) is 8.05. The number of nitrogens with zero attached hydrogens (tertiary/aromatic N) is 2. The standard InChI is InChI=1S/C12H17N3O5/c1-19-6-5-15(4-3-11(17)20-2)12(18)9-7-14-10(16)8-13-9/h7-8H,3-6H2,1-2H3,(H,14,16). The molecule has 0 saturated heterocycles. The van der Waals surface area contributed by atoms with Crippen molar-refractivity contribution in [1.29, 1.82) is 0 Å². The first kappa shape index (κ1) is 15.8. The molecule has 1 amide bonds. The van der Waals surface area contributed by atoms with E-state index in [-0.39, 0.29) is 30.1 Å². The van der Waals surface area contributed by atoms with Crippen molar-refractivity contribution in [2.45, 2.75) is 6.42 Å². The van der Waals surface area contributed by atoms with E-state index in [4.69, 9.17) is 4.74 Å². The van der Waals surface area contributed by atoms with Gasteiger partial charge in [-0.2, -0.15) is 0 Å². The van der Waals surface area contributed by atoms with E-state index in [0.29, 0.717) is 13.2 Å². The zero-order chi connectivity index (χ0) is 15.0. The third-order valence-electron chi connectivity index (χ3n) is 2.56.